The molecule has 3 heterocycles. The lowest BCUT2D eigenvalue weighted by molar-refractivity contribution is 0.0724. The lowest BCUT2D eigenvalue weighted by atomic mass is 10.2. The molecule has 0 aliphatic carbocycles. The highest BCUT2D eigenvalue weighted by molar-refractivity contribution is 5.92. The zero-order valence-corrected chi connectivity index (χ0v) is 12.4. The Morgan fingerprint density at radius 2 is 2.04 bits per heavy atom. The van der Waals surface area contributed by atoms with Crippen molar-refractivity contribution in [3.63, 3.8) is 0 Å². The minimum atomic E-state index is -0.0734. The number of benzene rings is 1. The summed E-state index contributed by atoms with van der Waals surface area (Å²) in [6.45, 7) is 0.712. The van der Waals surface area contributed by atoms with Gasteiger partial charge in [-0.15, -0.1) is 0 Å². The van der Waals surface area contributed by atoms with Crippen LogP contribution in [0.25, 0.3) is 11.4 Å². The van der Waals surface area contributed by atoms with Crippen LogP contribution in [0, 0.1) is 0 Å². The van der Waals surface area contributed by atoms with Gasteiger partial charge in [-0.3, -0.25) is 15.0 Å². The van der Waals surface area contributed by atoms with Gasteiger partial charge in [0.05, 0.1) is 6.04 Å². The minimum Gasteiger partial charge on any atom is -0.327 e. The molecule has 1 aromatic carbocycles. The minimum absolute atomic E-state index is 0.0531. The summed E-state index contributed by atoms with van der Waals surface area (Å²) in [7, 11) is 0. The predicted octanol–water partition coefficient (Wildman–Crippen LogP) is 2.17. The van der Waals surface area contributed by atoms with Crippen molar-refractivity contribution in [2.75, 3.05) is 6.54 Å². The third kappa shape index (κ3) is 2.50. The number of aromatic nitrogens is 5. The Bertz CT molecular complexity index is 795. The monoisotopic (exact) mass is 308 g/mol. The molecule has 23 heavy (non-hydrogen) atoms. The summed E-state index contributed by atoms with van der Waals surface area (Å²) < 4.78 is 0. The van der Waals surface area contributed by atoms with Gasteiger partial charge in [-0.05, 0) is 18.9 Å². The van der Waals surface area contributed by atoms with Gasteiger partial charge in [0.25, 0.3) is 5.91 Å². The lowest BCUT2D eigenvalue weighted by Gasteiger charge is -2.22. The first-order valence-corrected chi connectivity index (χ1v) is 7.61. The number of hydrogen-bond acceptors (Lipinski definition) is 4. The summed E-state index contributed by atoms with van der Waals surface area (Å²) in [5, 5.41) is 13.9. The molecule has 1 saturated heterocycles. The molecule has 0 bridgehead atoms. The molecule has 0 saturated carbocycles. The van der Waals surface area contributed by atoms with E-state index >= 15 is 0 Å². The summed E-state index contributed by atoms with van der Waals surface area (Å²) in [6.07, 6.45) is 3.41. The van der Waals surface area contributed by atoms with Gasteiger partial charge in [-0.2, -0.15) is 10.2 Å². The van der Waals surface area contributed by atoms with Crippen LogP contribution in [-0.4, -0.2) is 42.7 Å². The van der Waals surface area contributed by atoms with E-state index < -0.39 is 0 Å². The van der Waals surface area contributed by atoms with Gasteiger partial charge in [0.2, 0.25) is 0 Å². The highest BCUT2D eigenvalue weighted by atomic mass is 16.2. The molecule has 1 atom stereocenters. The molecule has 1 unspecified atom stereocenters. The van der Waals surface area contributed by atoms with Crippen molar-refractivity contribution in [2.24, 2.45) is 0 Å². The molecule has 3 aromatic rings. The van der Waals surface area contributed by atoms with Crippen molar-refractivity contribution in [1.82, 2.24) is 30.3 Å². The largest absolute Gasteiger partial charge is 0.327 e. The van der Waals surface area contributed by atoms with E-state index in [-0.39, 0.29) is 11.9 Å². The summed E-state index contributed by atoms with van der Waals surface area (Å²) in [5.74, 6) is 1.33. The Morgan fingerprint density at radius 1 is 1.17 bits per heavy atom. The number of H-pyrrole nitrogens is 2. The van der Waals surface area contributed by atoms with Crippen molar-refractivity contribution in [2.45, 2.75) is 18.9 Å². The first-order valence-electron chi connectivity index (χ1n) is 7.61. The average molecular weight is 308 g/mol. The van der Waals surface area contributed by atoms with E-state index in [1.807, 2.05) is 35.2 Å². The number of aromatic amines is 2. The second-order valence-corrected chi connectivity index (χ2v) is 5.54. The van der Waals surface area contributed by atoms with Crippen molar-refractivity contribution in [3.05, 3.63) is 54.1 Å². The van der Waals surface area contributed by atoms with Gasteiger partial charge in [0, 0.05) is 18.3 Å². The fourth-order valence-corrected chi connectivity index (χ4v) is 2.96. The van der Waals surface area contributed by atoms with Crippen molar-refractivity contribution in [1.29, 1.82) is 0 Å². The number of nitrogens with one attached hydrogen (secondary N) is 2. The lowest BCUT2D eigenvalue weighted by Crippen LogP contribution is -2.31. The maximum absolute atomic E-state index is 12.6. The van der Waals surface area contributed by atoms with Gasteiger partial charge in [-0.1, -0.05) is 30.3 Å². The van der Waals surface area contributed by atoms with E-state index in [1.54, 1.807) is 12.3 Å². The van der Waals surface area contributed by atoms with Crippen LogP contribution in [0.1, 0.15) is 35.2 Å². The topological polar surface area (TPSA) is 90.6 Å². The second kappa shape index (κ2) is 5.68. The van der Waals surface area contributed by atoms with Gasteiger partial charge in [-0.25, -0.2) is 4.98 Å². The Kier molecular flexibility index (Phi) is 3.38. The maximum atomic E-state index is 12.6. The van der Waals surface area contributed by atoms with E-state index in [9.17, 15) is 4.79 Å². The molecule has 116 valence electrons. The van der Waals surface area contributed by atoms with Crippen LogP contribution in [0.4, 0.5) is 0 Å². The normalized spacial score (nSPS) is 17.6. The number of carbonyl (C=O) groups is 1. The molecule has 1 aliphatic heterocycles. The van der Waals surface area contributed by atoms with E-state index in [2.05, 4.69) is 25.4 Å². The Balaban J connectivity index is 1.60. The third-order valence-electron chi connectivity index (χ3n) is 4.10. The predicted molar refractivity (Wildman–Crippen MR) is 83.4 cm³/mol. The molecule has 0 spiro atoms. The van der Waals surface area contributed by atoms with Crippen LogP contribution < -0.4 is 0 Å². The maximum Gasteiger partial charge on any atom is 0.272 e. The second-order valence-electron chi connectivity index (χ2n) is 5.54. The fourth-order valence-electron chi connectivity index (χ4n) is 2.96. The number of rotatable bonds is 3. The molecular formula is C16H16N6O. The SMILES string of the molecule is O=C(c1ccn[nH]1)N1CCCC1c1nc(-c2ccccc2)n[nH]1. The van der Waals surface area contributed by atoms with Crippen LogP contribution in [-0.2, 0) is 0 Å². The highest BCUT2D eigenvalue weighted by Gasteiger charge is 2.33. The summed E-state index contributed by atoms with van der Waals surface area (Å²) in [5.41, 5.74) is 1.46. The number of carbonyl (C=O) groups excluding carboxylic acids is 1. The number of amides is 1. The standard InChI is InChI=1S/C16H16N6O/c23-16(12-8-9-17-19-12)22-10-4-7-13(22)15-18-14(20-21-15)11-5-2-1-3-6-11/h1-3,5-6,8-9,13H,4,7,10H2,(H,17,19)(H,18,20,21). The molecule has 0 radical (unpaired) electrons. The van der Waals surface area contributed by atoms with Crippen molar-refractivity contribution >= 4 is 5.91 Å². The Labute approximate surface area is 132 Å². The van der Waals surface area contributed by atoms with E-state index in [0.717, 1.165) is 24.2 Å². The zero-order valence-electron chi connectivity index (χ0n) is 12.4. The average Bonchev–Trinajstić information content (AvgIpc) is 3.35. The molecule has 7 heteroatoms. The number of likely N-dealkylation sites (tertiary alicyclic amines) is 1. The Morgan fingerprint density at radius 3 is 2.83 bits per heavy atom. The fraction of sp³-hybridized carbons (Fsp3) is 0.250. The van der Waals surface area contributed by atoms with E-state index in [4.69, 9.17) is 0 Å². The van der Waals surface area contributed by atoms with Crippen molar-refractivity contribution in [3.8, 4) is 11.4 Å². The van der Waals surface area contributed by atoms with Gasteiger partial charge in [0.15, 0.2) is 5.82 Å². The molecule has 1 aliphatic rings. The van der Waals surface area contributed by atoms with Crippen LogP contribution >= 0.6 is 0 Å². The van der Waals surface area contributed by atoms with E-state index in [0.29, 0.717) is 18.1 Å². The molecule has 4 rings (SSSR count). The smallest absolute Gasteiger partial charge is 0.272 e. The summed E-state index contributed by atoms with van der Waals surface area (Å²) in [4.78, 5) is 19.0. The first kappa shape index (κ1) is 13.7. The van der Waals surface area contributed by atoms with Crippen LogP contribution in [0.3, 0.4) is 0 Å². The number of hydrogen-bond donors (Lipinski definition) is 2. The third-order valence-corrected chi connectivity index (χ3v) is 4.10. The van der Waals surface area contributed by atoms with E-state index in [1.165, 1.54) is 0 Å². The zero-order chi connectivity index (χ0) is 15.6. The summed E-state index contributed by atoms with van der Waals surface area (Å²) >= 11 is 0. The number of nitrogens with zero attached hydrogens (tertiary/aromatic N) is 4. The van der Waals surface area contributed by atoms with Crippen LogP contribution in [0.2, 0.25) is 0 Å². The molecule has 7 nitrogen and oxygen atoms in total. The molecular weight excluding hydrogens is 292 g/mol. The molecule has 1 fully saturated rings. The van der Waals surface area contributed by atoms with Crippen molar-refractivity contribution < 1.29 is 4.79 Å². The first-order chi connectivity index (χ1) is 11.3. The van der Waals surface area contributed by atoms with Gasteiger partial charge >= 0.3 is 0 Å². The van der Waals surface area contributed by atoms with Crippen LogP contribution in [0.5, 0.6) is 0 Å². The molecule has 2 aromatic heterocycles. The molecule has 2 N–H and O–H groups in total. The highest BCUT2D eigenvalue weighted by Crippen LogP contribution is 2.31. The summed E-state index contributed by atoms with van der Waals surface area (Å²) in [6, 6.07) is 11.4. The molecule has 1 amide bonds. The van der Waals surface area contributed by atoms with Gasteiger partial charge in [0.1, 0.15) is 11.5 Å². The van der Waals surface area contributed by atoms with Gasteiger partial charge < -0.3 is 4.90 Å². The quantitative estimate of drug-likeness (QED) is 0.776. The van der Waals surface area contributed by atoms with Crippen LogP contribution in [0.15, 0.2) is 42.6 Å². The Hall–Kier alpha value is -2.96.